The van der Waals surface area contributed by atoms with Crippen molar-refractivity contribution in [1.29, 1.82) is 0 Å². The molecule has 4 aromatic rings. The van der Waals surface area contributed by atoms with Crippen LogP contribution in [0, 0.1) is 0 Å². The number of fused-ring (bicyclic) bond motifs is 1. The van der Waals surface area contributed by atoms with E-state index >= 15 is 0 Å². The second kappa shape index (κ2) is 10.9. The van der Waals surface area contributed by atoms with Crippen LogP contribution in [0.3, 0.4) is 0 Å². The lowest BCUT2D eigenvalue weighted by Gasteiger charge is -2.16. The molecule has 1 aromatic heterocycles. The number of nitrogens with zero attached hydrogens (tertiary/aromatic N) is 1. The number of alkyl halides is 3. The molecule has 1 aliphatic rings. The Hall–Kier alpha value is -3.96. The summed E-state index contributed by atoms with van der Waals surface area (Å²) in [5, 5.41) is 0.510. The molecule has 1 saturated heterocycles. The molecule has 0 saturated carbocycles. The van der Waals surface area contributed by atoms with Crippen LogP contribution in [-0.2, 0) is 31.1 Å². The minimum atomic E-state index is -4.61. The van der Waals surface area contributed by atoms with Gasteiger partial charge in [-0.1, -0.05) is 54.6 Å². The van der Waals surface area contributed by atoms with Gasteiger partial charge in [0.15, 0.2) is 0 Å². The van der Waals surface area contributed by atoms with Crippen LogP contribution in [0.25, 0.3) is 22.0 Å². The standard InChI is InChI=1S/C27H22F3N2O7P/c28-27(29,30)23-9-5-4-8-21(23)24-12-18-10-11-19(13-22(18)25(33)31-24)32-14-20(39-26(32)34)16-38-40(35,36)37-15-17-6-2-1-3-7-17/h1-13,20H,14-16H2,(H,31,33)(H,35,36)/t20-/m1/s1. The van der Waals surface area contributed by atoms with E-state index in [4.69, 9.17) is 13.8 Å². The highest BCUT2D eigenvalue weighted by Gasteiger charge is 2.36. The van der Waals surface area contributed by atoms with E-state index in [1.807, 2.05) is 0 Å². The normalized spacial score (nSPS) is 17.1. The van der Waals surface area contributed by atoms with Crippen LogP contribution in [0.1, 0.15) is 11.1 Å². The van der Waals surface area contributed by atoms with E-state index in [2.05, 4.69) is 4.98 Å². The molecule has 40 heavy (non-hydrogen) atoms. The molecule has 0 aliphatic carbocycles. The fourth-order valence-electron chi connectivity index (χ4n) is 4.29. The number of hydrogen-bond acceptors (Lipinski definition) is 6. The molecule has 1 aliphatic heterocycles. The zero-order valence-electron chi connectivity index (χ0n) is 20.6. The lowest BCUT2D eigenvalue weighted by atomic mass is 10.0. The van der Waals surface area contributed by atoms with Gasteiger partial charge in [-0.05, 0) is 35.2 Å². The van der Waals surface area contributed by atoms with Crippen molar-refractivity contribution in [3.63, 3.8) is 0 Å². The maximum absolute atomic E-state index is 13.5. The Morgan fingerprint density at radius 3 is 2.48 bits per heavy atom. The molecular formula is C27H22F3N2O7P. The first-order valence-electron chi connectivity index (χ1n) is 12.0. The van der Waals surface area contributed by atoms with Crippen LogP contribution in [0.4, 0.5) is 23.7 Å². The van der Waals surface area contributed by atoms with Gasteiger partial charge in [-0.25, -0.2) is 9.36 Å². The van der Waals surface area contributed by atoms with E-state index in [9.17, 15) is 32.2 Å². The van der Waals surface area contributed by atoms with Crippen molar-refractivity contribution in [1.82, 2.24) is 4.98 Å². The van der Waals surface area contributed by atoms with Crippen molar-refractivity contribution in [2.24, 2.45) is 0 Å². The molecule has 9 nitrogen and oxygen atoms in total. The minimum Gasteiger partial charge on any atom is -0.441 e. The fourth-order valence-corrected chi connectivity index (χ4v) is 5.03. The SMILES string of the molecule is O=C1O[C@@H](COP(=O)(O)OCc2ccccc2)CN1c1ccc2cc(-c3ccccc3C(F)(F)F)[nH]c(=O)c2c1. The van der Waals surface area contributed by atoms with Crippen molar-refractivity contribution in [2.45, 2.75) is 18.9 Å². The third-order valence-corrected chi connectivity index (χ3v) is 7.13. The summed E-state index contributed by atoms with van der Waals surface area (Å²) in [6.07, 6.45) is -6.28. The van der Waals surface area contributed by atoms with E-state index in [0.717, 1.165) is 6.07 Å². The molecule has 1 amide bonds. The number of H-pyrrole nitrogens is 1. The molecule has 3 aromatic carbocycles. The Kier molecular flexibility index (Phi) is 7.52. The molecule has 2 atom stereocenters. The number of rotatable bonds is 8. The molecule has 0 radical (unpaired) electrons. The summed E-state index contributed by atoms with van der Waals surface area (Å²) in [5.41, 5.74) is -0.733. The largest absolute Gasteiger partial charge is 0.472 e. The summed E-state index contributed by atoms with van der Waals surface area (Å²) < 4.78 is 67.9. The highest BCUT2D eigenvalue weighted by Crippen LogP contribution is 2.44. The number of halogens is 3. The van der Waals surface area contributed by atoms with Gasteiger partial charge in [-0.15, -0.1) is 0 Å². The molecule has 0 spiro atoms. The van der Waals surface area contributed by atoms with Crippen molar-refractivity contribution in [2.75, 3.05) is 18.1 Å². The summed E-state index contributed by atoms with van der Waals surface area (Å²) in [6, 6.07) is 19.5. The van der Waals surface area contributed by atoms with E-state index in [1.165, 1.54) is 47.4 Å². The zero-order valence-corrected chi connectivity index (χ0v) is 21.5. The second-order valence-corrected chi connectivity index (χ2v) is 10.4. The van der Waals surface area contributed by atoms with Crippen LogP contribution in [-0.4, -0.2) is 35.2 Å². The van der Waals surface area contributed by atoms with E-state index < -0.39 is 43.9 Å². The number of carbonyl (C=O) groups excluding carboxylic acids is 1. The number of phosphoric acid groups is 1. The quantitative estimate of drug-likeness (QED) is 0.253. The first kappa shape index (κ1) is 27.6. The molecule has 5 rings (SSSR count). The first-order chi connectivity index (χ1) is 19.0. The maximum Gasteiger partial charge on any atom is 0.472 e. The highest BCUT2D eigenvalue weighted by molar-refractivity contribution is 7.47. The number of pyridine rings is 1. The van der Waals surface area contributed by atoms with Crippen molar-refractivity contribution in [3.05, 3.63) is 100 Å². The molecule has 208 valence electrons. The molecule has 2 heterocycles. The third kappa shape index (κ3) is 6.10. The Balaban J connectivity index is 1.29. The number of carbonyl (C=O) groups is 1. The molecule has 0 bridgehead atoms. The number of amides is 1. The molecule has 13 heteroatoms. The predicted molar refractivity (Wildman–Crippen MR) is 140 cm³/mol. The molecule has 1 unspecified atom stereocenters. The lowest BCUT2D eigenvalue weighted by Crippen LogP contribution is -2.26. The van der Waals surface area contributed by atoms with Gasteiger partial charge < -0.3 is 14.6 Å². The average molecular weight is 574 g/mol. The maximum atomic E-state index is 13.5. The number of anilines is 1. The Labute approximate surface area is 225 Å². The van der Waals surface area contributed by atoms with Gasteiger partial charge in [-0.2, -0.15) is 13.2 Å². The van der Waals surface area contributed by atoms with Crippen molar-refractivity contribution in [3.8, 4) is 11.3 Å². The Bertz CT molecular complexity index is 1660. The third-order valence-electron chi connectivity index (χ3n) is 6.20. The monoisotopic (exact) mass is 574 g/mol. The van der Waals surface area contributed by atoms with E-state index in [0.29, 0.717) is 16.6 Å². The van der Waals surface area contributed by atoms with Gasteiger partial charge >= 0.3 is 20.1 Å². The Morgan fingerprint density at radius 1 is 1.00 bits per heavy atom. The number of benzene rings is 3. The molecule has 1 fully saturated rings. The van der Waals surface area contributed by atoms with E-state index in [1.54, 1.807) is 30.3 Å². The van der Waals surface area contributed by atoms with Crippen molar-refractivity contribution >= 4 is 30.4 Å². The van der Waals surface area contributed by atoms with Crippen LogP contribution in [0.2, 0.25) is 0 Å². The van der Waals surface area contributed by atoms with Gasteiger partial charge in [0.1, 0.15) is 6.10 Å². The second-order valence-electron chi connectivity index (χ2n) is 8.97. The average Bonchev–Trinajstić information content (AvgIpc) is 3.31. The van der Waals surface area contributed by atoms with Crippen LogP contribution < -0.4 is 10.5 Å². The Morgan fingerprint density at radius 2 is 1.73 bits per heavy atom. The van der Waals surface area contributed by atoms with Gasteiger partial charge in [0.05, 0.1) is 25.3 Å². The highest BCUT2D eigenvalue weighted by atomic mass is 31.2. The summed E-state index contributed by atoms with van der Waals surface area (Å²) in [5.74, 6) is 0. The minimum absolute atomic E-state index is 0.00103. The summed E-state index contributed by atoms with van der Waals surface area (Å²) in [7, 11) is -4.43. The molecular weight excluding hydrogens is 552 g/mol. The smallest absolute Gasteiger partial charge is 0.441 e. The summed E-state index contributed by atoms with van der Waals surface area (Å²) >= 11 is 0. The predicted octanol–water partition coefficient (Wildman–Crippen LogP) is 5.87. The number of nitrogens with one attached hydrogen (secondary N) is 1. The number of hydrogen-bond donors (Lipinski definition) is 2. The van der Waals surface area contributed by atoms with Gasteiger partial charge in [0.25, 0.3) is 5.56 Å². The van der Waals surface area contributed by atoms with Crippen LogP contribution in [0.15, 0.2) is 83.7 Å². The zero-order chi connectivity index (χ0) is 28.5. The molecule has 2 N–H and O–H groups in total. The first-order valence-corrected chi connectivity index (χ1v) is 13.5. The number of phosphoric ester groups is 1. The van der Waals surface area contributed by atoms with Gasteiger partial charge in [0.2, 0.25) is 0 Å². The van der Waals surface area contributed by atoms with Crippen LogP contribution >= 0.6 is 7.82 Å². The number of cyclic esters (lactones) is 1. The van der Waals surface area contributed by atoms with Gasteiger partial charge in [-0.3, -0.25) is 18.7 Å². The number of aromatic nitrogens is 1. The van der Waals surface area contributed by atoms with Crippen molar-refractivity contribution < 1.29 is 41.2 Å². The fraction of sp³-hybridized carbons (Fsp3) is 0.185. The van der Waals surface area contributed by atoms with Crippen LogP contribution in [0.5, 0.6) is 0 Å². The topological polar surface area (TPSA) is 118 Å². The van der Waals surface area contributed by atoms with Gasteiger partial charge in [0, 0.05) is 22.3 Å². The number of aromatic amines is 1. The summed E-state index contributed by atoms with van der Waals surface area (Å²) in [6.45, 7) is -0.612. The summed E-state index contributed by atoms with van der Waals surface area (Å²) in [4.78, 5) is 39.0. The number of ether oxygens (including phenoxy) is 1. The van der Waals surface area contributed by atoms with E-state index in [-0.39, 0.29) is 29.8 Å². The lowest BCUT2D eigenvalue weighted by molar-refractivity contribution is -0.137.